The Morgan fingerprint density at radius 2 is 1.22 bits per heavy atom. The molecular formula is C40H37N. The van der Waals surface area contributed by atoms with Crippen LogP contribution >= 0.6 is 0 Å². The van der Waals surface area contributed by atoms with Crippen LogP contribution in [0.15, 0.2) is 145 Å². The van der Waals surface area contributed by atoms with E-state index in [0.717, 1.165) is 17.8 Å². The van der Waals surface area contributed by atoms with E-state index in [4.69, 9.17) is 0 Å². The van der Waals surface area contributed by atoms with Crippen molar-refractivity contribution in [2.24, 2.45) is 0 Å². The quantitative estimate of drug-likeness (QED) is 0.211. The van der Waals surface area contributed by atoms with Gasteiger partial charge in [-0.15, -0.1) is 0 Å². The molecule has 0 aliphatic heterocycles. The molecule has 0 aromatic heterocycles. The van der Waals surface area contributed by atoms with Gasteiger partial charge in [-0.25, -0.2) is 0 Å². The van der Waals surface area contributed by atoms with Gasteiger partial charge < -0.3 is 4.90 Å². The molecule has 0 atom stereocenters. The molecule has 0 heterocycles. The third-order valence-corrected chi connectivity index (χ3v) is 8.50. The van der Waals surface area contributed by atoms with Gasteiger partial charge in [0.1, 0.15) is 0 Å². The van der Waals surface area contributed by atoms with Crippen molar-refractivity contribution in [1.82, 2.24) is 0 Å². The minimum atomic E-state index is -0.0177. The van der Waals surface area contributed by atoms with Crippen LogP contribution in [0.1, 0.15) is 37.5 Å². The number of benzene rings is 5. The van der Waals surface area contributed by atoms with E-state index < -0.39 is 0 Å². The molecule has 6 rings (SSSR count). The molecule has 0 spiro atoms. The molecule has 41 heavy (non-hydrogen) atoms. The van der Waals surface area contributed by atoms with Crippen molar-refractivity contribution in [1.29, 1.82) is 0 Å². The fourth-order valence-corrected chi connectivity index (χ4v) is 6.08. The average molecular weight is 532 g/mol. The number of allylic oxidation sites excluding steroid dienone is 4. The molecule has 5 aromatic carbocycles. The lowest BCUT2D eigenvalue weighted by molar-refractivity contribution is 0.644. The van der Waals surface area contributed by atoms with Crippen LogP contribution in [0.25, 0.3) is 22.3 Å². The van der Waals surface area contributed by atoms with Crippen LogP contribution in [0.4, 0.5) is 17.1 Å². The second-order valence-electron chi connectivity index (χ2n) is 11.5. The third kappa shape index (κ3) is 5.16. The first-order valence-corrected chi connectivity index (χ1v) is 14.5. The van der Waals surface area contributed by atoms with E-state index in [1.54, 1.807) is 0 Å². The van der Waals surface area contributed by atoms with Crippen molar-refractivity contribution in [2.45, 2.75) is 39.5 Å². The SMILES string of the molecule is C/C=C\C=C1/Cc2ccc(N(c3ccc(-c4ccccc4)cc3)c3ccc(C)c(-c4ccccc4)c3)cc2C1(C)C. The van der Waals surface area contributed by atoms with Crippen LogP contribution in [0.5, 0.6) is 0 Å². The Kier molecular flexibility index (Phi) is 7.20. The fraction of sp³-hybridized carbons (Fsp3) is 0.150. The van der Waals surface area contributed by atoms with Crippen molar-refractivity contribution < 1.29 is 0 Å². The van der Waals surface area contributed by atoms with Crippen molar-refractivity contribution in [2.75, 3.05) is 4.90 Å². The molecule has 0 saturated carbocycles. The maximum Gasteiger partial charge on any atom is 0.0467 e. The van der Waals surface area contributed by atoms with E-state index in [0.29, 0.717) is 0 Å². The van der Waals surface area contributed by atoms with Crippen molar-refractivity contribution in [3.8, 4) is 22.3 Å². The smallest absolute Gasteiger partial charge is 0.0467 e. The van der Waals surface area contributed by atoms with Gasteiger partial charge in [0.05, 0.1) is 0 Å². The third-order valence-electron chi connectivity index (χ3n) is 8.50. The average Bonchev–Trinajstić information content (AvgIpc) is 3.27. The zero-order valence-electron chi connectivity index (χ0n) is 24.4. The van der Waals surface area contributed by atoms with Gasteiger partial charge >= 0.3 is 0 Å². The lowest BCUT2D eigenvalue weighted by atomic mass is 9.82. The maximum absolute atomic E-state index is 2.42. The highest BCUT2D eigenvalue weighted by molar-refractivity contribution is 5.82. The predicted octanol–water partition coefficient (Wildman–Crippen LogP) is 11.1. The molecule has 0 N–H and O–H groups in total. The number of anilines is 3. The standard InChI is InChI=1S/C40H37N/c1-5-6-17-34-26-33-21-25-37(28-39(33)40(34,3)4)41(35-23-19-31(20-24-35)30-13-9-7-10-14-30)36-22-18-29(2)38(27-36)32-15-11-8-12-16-32/h5-25,27-28H,26H2,1-4H3/b6-5-,34-17+. The normalized spacial score (nSPS) is 14.9. The molecule has 1 heteroatoms. The molecular weight excluding hydrogens is 494 g/mol. The van der Waals surface area contributed by atoms with Crippen LogP contribution < -0.4 is 4.90 Å². The monoisotopic (exact) mass is 531 g/mol. The summed E-state index contributed by atoms with van der Waals surface area (Å²) in [4.78, 5) is 2.41. The number of hydrogen-bond donors (Lipinski definition) is 0. The highest BCUT2D eigenvalue weighted by atomic mass is 15.1. The summed E-state index contributed by atoms with van der Waals surface area (Å²) in [6.07, 6.45) is 7.58. The zero-order chi connectivity index (χ0) is 28.4. The van der Waals surface area contributed by atoms with Crippen LogP contribution in [-0.2, 0) is 11.8 Å². The van der Waals surface area contributed by atoms with Gasteiger partial charge in [0.25, 0.3) is 0 Å². The Bertz CT molecular complexity index is 1720. The molecule has 5 aromatic rings. The van der Waals surface area contributed by atoms with Crippen LogP contribution in [0.2, 0.25) is 0 Å². The topological polar surface area (TPSA) is 3.24 Å². The first-order chi connectivity index (χ1) is 20.0. The van der Waals surface area contributed by atoms with Gasteiger partial charge in [-0.2, -0.15) is 0 Å². The first-order valence-electron chi connectivity index (χ1n) is 14.5. The molecule has 202 valence electrons. The molecule has 0 fully saturated rings. The Morgan fingerprint density at radius 3 is 1.90 bits per heavy atom. The van der Waals surface area contributed by atoms with Gasteiger partial charge in [-0.1, -0.05) is 123 Å². The Morgan fingerprint density at radius 1 is 0.634 bits per heavy atom. The summed E-state index contributed by atoms with van der Waals surface area (Å²) in [6, 6.07) is 44.1. The van der Waals surface area contributed by atoms with Crippen molar-refractivity contribution >= 4 is 17.1 Å². The van der Waals surface area contributed by atoms with E-state index in [9.17, 15) is 0 Å². The Balaban J connectivity index is 1.49. The lowest BCUT2D eigenvalue weighted by Crippen LogP contribution is -2.16. The van der Waals surface area contributed by atoms with Crippen LogP contribution in [0, 0.1) is 6.92 Å². The second-order valence-corrected chi connectivity index (χ2v) is 11.5. The van der Waals surface area contributed by atoms with E-state index in [1.807, 2.05) is 0 Å². The summed E-state index contributed by atoms with van der Waals surface area (Å²) in [6.45, 7) is 8.99. The largest absolute Gasteiger partial charge is 0.310 e. The van der Waals surface area contributed by atoms with E-state index in [1.165, 1.54) is 50.2 Å². The summed E-state index contributed by atoms with van der Waals surface area (Å²) < 4.78 is 0. The number of hydrogen-bond acceptors (Lipinski definition) is 1. The number of fused-ring (bicyclic) bond motifs is 1. The molecule has 0 radical (unpaired) electrons. The van der Waals surface area contributed by atoms with Gasteiger partial charge in [0.2, 0.25) is 0 Å². The summed E-state index contributed by atoms with van der Waals surface area (Å²) in [7, 11) is 0. The van der Waals surface area contributed by atoms with E-state index in [-0.39, 0.29) is 5.41 Å². The molecule has 0 saturated heterocycles. The summed E-state index contributed by atoms with van der Waals surface area (Å²) >= 11 is 0. The highest BCUT2D eigenvalue weighted by Crippen LogP contribution is 2.46. The minimum Gasteiger partial charge on any atom is -0.310 e. The van der Waals surface area contributed by atoms with Gasteiger partial charge in [0, 0.05) is 22.5 Å². The molecule has 1 aliphatic rings. The Hall–Kier alpha value is -4.62. The number of nitrogens with zero attached hydrogens (tertiary/aromatic N) is 1. The summed E-state index contributed by atoms with van der Waals surface area (Å²) in [5.74, 6) is 0. The molecule has 0 bridgehead atoms. The second kappa shape index (κ2) is 11.1. The number of aryl methyl sites for hydroxylation is 1. The fourth-order valence-electron chi connectivity index (χ4n) is 6.08. The highest BCUT2D eigenvalue weighted by Gasteiger charge is 2.34. The molecule has 0 unspecified atom stereocenters. The zero-order valence-corrected chi connectivity index (χ0v) is 24.4. The van der Waals surface area contributed by atoms with E-state index in [2.05, 4.69) is 172 Å². The van der Waals surface area contributed by atoms with Crippen LogP contribution in [0.3, 0.4) is 0 Å². The van der Waals surface area contributed by atoms with Gasteiger partial charge in [-0.05, 0) is 95.6 Å². The number of rotatable bonds is 6. The van der Waals surface area contributed by atoms with Gasteiger partial charge in [0.15, 0.2) is 0 Å². The van der Waals surface area contributed by atoms with Gasteiger partial charge in [-0.3, -0.25) is 0 Å². The maximum atomic E-state index is 2.42. The van der Waals surface area contributed by atoms with Crippen molar-refractivity contribution in [3.05, 3.63) is 162 Å². The van der Waals surface area contributed by atoms with Crippen LogP contribution in [-0.4, -0.2) is 0 Å². The van der Waals surface area contributed by atoms with Crippen molar-refractivity contribution in [3.63, 3.8) is 0 Å². The molecule has 0 amide bonds. The molecule has 1 nitrogen and oxygen atoms in total. The summed E-state index contributed by atoms with van der Waals surface area (Å²) in [5.41, 5.74) is 14.0. The lowest BCUT2D eigenvalue weighted by Gasteiger charge is -2.29. The minimum absolute atomic E-state index is 0.0177. The first kappa shape index (κ1) is 26.6. The van der Waals surface area contributed by atoms with E-state index >= 15 is 0 Å². The molecule has 1 aliphatic carbocycles. The predicted molar refractivity (Wildman–Crippen MR) is 176 cm³/mol. The Labute approximate surface area is 245 Å². The summed E-state index contributed by atoms with van der Waals surface area (Å²) in [5, 5.41) is 0.